The molecule has 0 spiro atoms. The van der Waals surface area contributed by atoms with Gasteiger partial charge in [0.2, 0.25) is 0 Å². The zero-order valence-corrected chi connectivity index (χ0v) is 8.70. The van der Waals surface area contributed by atoms with Gasteiger partial charge in [-0.05, 0) is 25.2 Å². The summed E-state index contributed by atoms with van der Waals surface area (Å²) in [6.07, 6.45) is -2.22. The average molecular weight is 261 g/mol. The minimum atomic E-state index is -4.47. The van der Waals surface area contributed by atoms with E-state index >= 15 is 0 Å². The summed E-state index contributed by atoms with van der Waals surface area (Å²) in [6.45, 7) is 0. The molecule has 2 unspecified atom stereocenters. The SMILES string of the molecule is FC(F)(F)OC1CCCC(CBr)C1. The molecule has 1 rings (SSSR count). The van der Waals surface area contributed by atoms with Crippen LogP contribution in [0.1, 0.15) is 25.7 Å². The predicted octanol–water partition coefficient (Wildman–Crippen LogP) is 3.48. The van der Waals surface area contributed by atoms with E-state index in [4.69, 9.17) is 0 Å². The summed E-state index contributed by atoms with van der Waals surface area (Å²) >= 11 is 3.28. The average Bonchev–Trinajstić information content (AvgIpc) is 2.01. The molecule has 13 heavy (non-hydrogen) atoms. The van der Waals surface area contributed by atoms with Crippen LogP contribution >= 0.6 is 15.9 Å². The Morgan fingerprint density at radius 2 is 2.00 bits per heavy atom. The van der Waals surface area contributed by atoms with Crippen molar-refractivity contribution in [3.8, 4) is 0 Å². The normalized spacial score (nSPS) is 30.5. The van der Waals surface area contributed by atoms with Gasteiger partial charge in [0.05, 0.1) is 6.10 Å². The number of rotatable bonds is 2. The van der Waals surface area contributed by atoms with Crippen LogP contribution in [0, 0.1) is 5.92 Å². The standard InChI is InChI=1S/C8H12BrF3O/c9-5-6-2-1-3-7(4-6)13-8(10,11)12/h6-7H,1-5H2. The lowest BCUT2D eigenvalue weighted by molar-refractivity contribution is -0.346. The first-order chi connectivity index (χ1) is 6.01. The molecule has 0 aromatic rings. The Balaban J connectivity index is 2.34. The fraction of sp³-hybridized carbons (Fsp3) is 1.00. The van der Waals surface area contributed by atoms with Gasteiger partial charge < -0.3 is 0 Å². The van der Waals surface area contributed by atoms with Gasteiger partial charge in [0.1, 0.15) is 0 Å². The molecular formula is C8H12BrF3O. The number of alkyl halides is 4. The first kappa shape index (κ1) is 11.3. The highest BCUT2D eigenvalue weighted by Gasteiger charge is 2.35. The topological polar surface area (TPSA) is 9.23 Å². The van der Waals surface area contributed by atoms with Crippen molar-refractivity contribution in [2.45, 2.75) is 38.1 Å². The molecular weight excluding hydrogens is 249 g/mol. The Morgan fingerprint density at radius 1 is 1.31 bits per heavy atom. The van der Waals surface area contributed by atoms with Crippen LogP contribution in [-0.4, -0.2) is 17.8 Å². The second kappa shape index (κ2) is 4.64. The molecule has 0 aromatic carbocycles. The third-order valence-electron chi connectivity index (χ3n) is 2.25. The second-order valence-electron chi connectivity index (χ2n) is 3.37. The van der Waals surface area contributed by atoms with E-state index in [-0.39, 0.29) is 0 Å². The predicted molar refractivity (Wildman–Crippen MR) is 46.7 cm³/mol. The molecule has 0 aliphatic heterocycles. The van der Waals surface area contributed by atoms with Crippen LogP contribution in [-0.2, 0) is 4.74 Å². The van der Waals surface area contributed by atoms with Crippen molar-refractivity contribution in [1.82, 2.24) is 0 Å². The molecule has 1 saturated carbocycles. The molecule has 0 N–H and O–H groups in total. The molecule has 1 aliphatic rings. The zero-order valence-electron chi connectivity index (χ0n) is 7.11. The van der Waals surface area contributed by atoms with Crippen LogP contribution in [0.3, 0.4) is 0 Å². The quantitative estimate of drug-likeness (QED) is 0.691. The summed E-state index contributed by atoms with van der Waals surface area (Å²) in [5.41, 5.74) is 0. The van der Waals surface area contributed by atoms with Gasteiger partial charge in [0.25, 0.3) is 0 Å². The van der Waals surface area contributed by atoms with E-state index in [1.807, 2.05) is 0 Å². The van der Waals surface area contributed by atoms with Crippen LogP contribution in [0.25, 0.3) is 0 Å². The molecule has 0 aromatic heterocycles. The molecule has 78 valence electrons. The molecule has 0 saturated heterocycles. The maximum atomic E-state index is 11.8. The molecule has 0 bridgehead atoms. The van der Waals surface area contributed by atoms with Crippen molar-refractivity contribution in [3.63, 3.8) is 0 Å². The summed E-state index contributed by atoms with van der Waals surface area (Å²) in [7, 11) is 0. The Bertz CT molecular complexity index is 160. The van der Waals surface area contributed by atoms with Gasteiger partial charge in [0, 0.05) is 5.33 Å². The third-order valence-corrected chi connectivity index (χ3v) is 3.17. The maximum Gasteiger partial charge on any atom is 0.522 e. The lowest BCUT2D eigenvalue weighted by Gasteiger charge is -2.28. The summed E-state index contributed by atoms with van der Waals surface area (Å²) in [5.74, 6) is 0.334. The van der Waals surface area contributed by atoms with Gasteiger partial charge in [0.15, 0.2) is 0 Å². The lowest BCUT2D eigenvalue weighted by atomic mass is 9.89. The van der Waals surface area contributed by atoms with E-state index < -0.39 is 12.5 Å². The van der Waals surface area contributed by atoms with Crippen molar-refractivity contribution < 1.29 is 17.9 Å². The van der Waals surface area contributed by atoms with E-state index in [9.17, 15) is 13.2 Å². The minimum Gasteiger partial charge on any atom is -0.289 e. The van der Waals surface area contributed by atoms with Crippen molar-refractivity contribution in [2.75, 3.05) is 5.33 Å². The first-order valence-electron chi connectivity index (χ1n) is 4.32. The van der Waals surface area contributed by atoms with Gasteiger partial charge in [-0.2, -0.15) is 0 Å². The molecule has 1 fully saturated rings. The molecule has 0 heterocycles. The maximum absolute atomic E-state index is 11.8. The van der Waals surface area contributed by atoms with E-state index in [1.54, 1.807) is 0 Å². The Kier molecular flexibility index (Phi) is 4.04. The highest BCUT2D eigenvalue weighted by molar-refractivity contribution is 9.09. The molecule has 5 heteroatoms. The van der Waals surface area contributed by atoms with Gasteiger partial charge in [-0.1, -0.05) is 22.4 Å². The molecule has 0 amide bonds. The van der Waals surface area contributed by atoms with Gasteiger partial charge in [-0.3, -0.25) is 4.74 Å². The molecule has 0 radical (unpaired) electrons. The van der Waals surface area contributed by atoms with Crippen molar-refractivity contribution in [3.05, 3.63) is 0 Å². The first-order valence-corrected chi connectivity index (χ1v) is 5.44. The smallest absolute Gasteiger partial charge is 0.289 e. The fourth-order valence-electron chi connectivity index (χ4n) is 1.68. The summed E-state index contributed by atoms with van der Waals surface area (Å²) in [4.78, 5) is 0. The van der Waals surface area contributed by atoms with Crippen molar-refractivity contribution in [2.24, 2.45) is 5.92 Å². The zero-order chi connectivity index (χ0) is 9.90. The number of halogens is 4. The summed E-state index contributed by atoms with van der Waals surface area (Å²) in [6, 6.07) is 0. The summed E-state index contributed by atoms with van der Waals surface area (Å²) < 4.78 is 39.5. The molecule has 1 aliphatic carbocycles. The summed E-state index contributed by atoms with van der Waals surface area (Å²) in [5, 5.41) is 0.769. The minimum absolute atomic E-state index is 0.334. The van der Waals surface area contributed by atoms with E-state index in [2.05, 4.69) is 20.7 Å². The number of hydrogen-bond donors (Lipinski definition) is 0. The van der Waals surface area contributed by atoms with Crippen molar-refractivity contribution in [1.29, 1.82) is 0 Å². The van der Waals surface area contributed by atoms with Crippen molar-refractivity contribution >= 4 is 15.9 Å². The number of hydrogen-bond acceptors (Lipinski definition) is 1. The van der Waals surface area contributed by atoms with E-state index in [1.165, 1.54) is 0 Å². The highest BCUT2D eigenvalue weighted by Crippen LogP contribution is 2.31. The van der Waals surface area contributed by atoms with Crippen LogP contribution in [0.15, 0.2) is 0 Å². The monoisotopic (exact) mass is 260 g/mol. The lowest BCUT2D eigenvalue weighted by Crippen LogP contribution is -2.29. The van der Waals surface area contributed by atoms with Crippen LogP contribution in [0.2, 0.25) is 0 Å². The van der Waals surface area contributed by atoms with Gasteiger partial charge >= 0.3 is 6.36 Å². The molecule has 1 nitrogen and oxygen atoms in total. The largest absolute Gasteiger partial charge is 0.522 e. The fourth-order valence-corrected chi connectivity index (χ4v) is 2.27. The Morgan fingerprint density at radius 3 is 2.54 bits per heavy atom. The second-order valence-corrected chi connectivity index (χ2v) is 4.02. The van der Waals surface area contributed by atoms with Crippen LogP contribution in [0.5, 0.6) is 0 Å². The molecule has 2 atom stereocenters. The Hall–Kier alpha value is 0.230. The Labute approximate surface area is 83.8 Å². The van der Waals surface area contributed by atoms with Gasteiger partial charge in [-0.15, -0.1) is 13.2 Å². The highest BCUT2D eigenvalue weighted by atomic mass is 79.9. The van der Waals surface area contributed by atoms with E-state index in [0.29, 0.717) is 18.8 Å². The van der Waals surface area contributed by atoms with Gasteiger partial charge in [-0.25, -0.2) is 0 Å². The number of ether oxygens (including phenoxy) is 1. The van der Waals surface area contributed by atoms with Crippen LogP contribution < -0.4 is 0 Å². The van der Waals surface area contributed by atoms with Crippen LogP contribution in [0.4, 0.5) is 13.2 Å². The third kappa shape index (κ3) is 4.31. The van der Waals surface area contributed by atoms with E-state index in [0.717, 1.165) is 18.2 Å².